The van der Waals surface area contributed by atoms with Gasteiger partial charge in [-0.3, -0.25) is 0 Å². The van der Waals surface area contributed by atoms with E-state index in [-0.39, 0.29) is 12.1 Å². The standard InChI is InChI=1S/C10H16O4/c1-3-13-10(11)9(12-2)8-6-4-5-7-14-8/h5,7-9H,3-4,6H2,1-2H3. The quantitative estimate of drug-likeness (QED) is 0.641. The van der Waals surface area contributed by atoms with Crippen LogP contribution in [0.25, 0.3) is 0 Å². The van der Waals surface area contributed by atoms with Crippen LogP contribution in [0.1, 0.15) is 19.8 Å². The average Bonchev–Trinajstić information content (AvgIpc) is 2.21. The van der Waals surface area contributed by atoms with E-state index < -0.39 is 6.10 Å². The maximum atomic E-state index is 11.4. The van der Waals surface area contributed by atoms with Gasteiger partial charge in [-0.2, -0.15) is 0 Å². The van der Waals surface area contributed by atoms with Crippen LogP contribution in [-0.2, 0) is 19.0 Å². The van der Waals surface area contributed by atoms with Crippen molar-refractivity contribution in [3.05, 3.63) is 12.3 Å². The summed E-state index contributed by atoms with van der Waals surface area (Å²) in [6.07, 6.45) is 4.40. The van der Waals surface area contributed by atoms with Crippen molar-refractivity contribution in [1.82, 2.24) is 0 Å². The van der Waals surface area contributed by atoms with Gasteiger partial charge in [0.2, 0.25) is 0 Å². The highest BCUT2D eigenvalue weighted by Gasteiger charge is 2.31. The van der Waals surface area contributed by atoms with Gasteiger partial charge in [-0.05, 0) is 25.8 Å². The third-order valence-electron chi connectivity index (χ3n) is 2.08. The van der Waals surface area contributed by atoms with Gasteiger partial charge in [-0.25, -0.2) is 4.79 Å². The van der Waals surface area contributed by atoms with Gasteiger partial charge >= 0.3 is 5.97 Å². The van der Waals surface area contributed by atoms with Gasteiger partial charge in [0.1, 0.15) is 6.10 Å². The van der Waals surface area contributed by atoms with Crippen molar-refractivity contribution >= 4 is 5.97 Å². The molecule has 1 aliphatic heterocycles. The third kappa shape index (κ3) is 2.73. The maximum Gasteiger partial charge on any atom is 0.339 e. The molecular weight excluding hydrogens is 184 g/mol. The van der Waals surface area contributed by atoms with E-state index in [0.29, 0.717) is 6.61 Å². The number of methoxy groups -OCH3 is 1. The zero-order valence-corrected chi connectivity index (χ0v) is 8.56. The Morgan fingerprint density at radius 3 is 3.00 bits per heavy atom. The van der Waals surface area contributed by atoms with Gasteiger partial charge in [-0.1, -0.05) is 0 Å². The minimum atomic E-state index is -0.611. The topological polar surface area (TPSA) is 44.8 Å². The Balaban J connectivity index is 2.51. The van der Waals surface area contributed by atoms with Crippen molar-refractivity contribution in [2.75, 3.05) is 13.7 Å². The zero-order valence-electron chi connectivity index (χ0n) is 8.56. The monoisotopic (exact) mass is 200 g/mol. The highest BCUT2D eigenvalue weighted by atomic mass is 16.6. The molecule has 1 rings (SSSR count). The fourth-order valence-corrected chi connectivity index (χ4v) is 1.40. The molecule has 1 heterocycles. The van der Waals surface area contributed by atoms with Crippen LogP contribution in [-0.4, -0.2) is 31.9 Å². The molecule has 0 aromatic heterocycles. The fourth-order valence-electron chi connectivity index (χ4n) is 1.40. The summed E-state index contributed by atoms with van der Waals surface area (Å²) in [5.74, 6) is -0.352. The molecule has 2 unspecified atom stereocenters. The molecule has 0 aromatic rings. The third-order valence-corrected chi connectivity index (χ3v) is 2.08. The van der Waals surface area contributed by atoms with Crippen LogP contribution in [0, 0.1) is 0 Å². The Morgan fingerprint density at radius 1 is 1.71 bits per heavy atom. The molecule has 0 fully saturated rings. The van der Waals surface area contributed by atoms with E-state index in [1.54, 1.807) is 13.2 Å². The first-order valence-electron chi connectivity index (χ1n) is 4.79. The highest BCUT2D eigenvalue weighted by Crippen LogP contribution is 2.16. The first-order chi connectivity index (χ1) is 6.79. The molecule has 0 bridgehead atoms. The smallest absolute Gasteiger partial charge is 0.339 e. The Morgan fingerprint density at radius 2 is 2.50 bits per heavy atom. The Kier molecular flexibility index (Phi) is 4.46. The molecule has 4 heteroatoms. The summed E-state index contributed by atoms with van der Waals surface area (Å²) in [7, 11) is 1.49. The summed E-state index contributed by atoms with van der Waals surface area (Å²) >= 11 is 0. The van der Waals surface area contributed by atoms with Gasteiger partial charge in [0.05, 0.1) is 12.9 Å². The Bertz CT molecular complexity index is 212. The average molecular weight is 200 g/mol. The lowest BCUT2D eigenvalue weighted by atomic mass is 10.1. The first-order valence-corrected chi connectivity index (χ1v) is 4.79. The molecule has 0 aliphatic carbocycles. The largest absolute Gasteiger partial charge is 0.495 e. The van der Waals surface area contributed by atoms with Gasteiger partial charge < -0.3 is 14.2 Å². The molecule has 0 aromatic carbocycles. The van der Waals surface area contributed by atoms with E-state index in [2.05, 4.69) is 0 Å². The van der Waals surface area contributed by atoms with Gasteiger partial charge in [-0.15, -0.1) is 0 Å². The molecule has 0 spiro atoms. The number of allylic oxidation sites excluding steroid dienone is 1. The van der Waals surface area contributed by atoms with Crippen LogP contribution in [0.3, 0.4) is 0 Å². The van der Waals surface area contributed by atoms with E-state index in [0.717, 1.165) is 12.8 Å². The van der Waals surface area contributed by atoms with Crippen LogP contribution in [0.2, 0.25) is 0 Å². The van der Waals surface area contributed by atoms with Crippen molar-refractivity contribution in [3.8, 4) is 0 Å². The van der Waals surface area contributed by atoms with Crippen molar-refractivity contribution in [1.29, 1.82) is 0 Å². The first kappa shape index (κ1) is 11.0. The molecule has 14 heavy (non-hydrogen) atoms. The second-order valence-electron chi connectivity index (χ2n) is 3.03. The number of hydrogen-bond donors (Lipinski definition) is 0. The van der Waals surface area contributed by atoms with Crippen LogP contribution in [0.5, 0.6) is 0 Å². The lowest BCUT2D eigenvalue weighted by molar-refractivity contribution is -0.162. The summed E-state index contributed by atoms with van der Waals surface area (Å²) < 4.78 is 15.2. The molecule has 0 N–H and O–H groups in total. The minimum absolute atomic E-state index is 0.218. The van der Waals surface area contributed by atoms with Crippen molar-refractivity contribution < 1.29 is 19.0 Å². The molecule has 0 saturated heterocycles. The number of esters is 1. The SMILES string of the molecule is CCOC(=O)C(OC)C1CCC=CO1. The second-order valence-corrected chi connectivity index (χ2v) is 3.03. The fraction of sp³-hybridized carbons (Fsp3) is 0.700. The molecule has 4 nitrogen and oxygen atoms in total. The molecule has 0 radical (unpaired) electrons. The zero-order chi connectivity index (χ0) is 10.4. The van der Waals surface area contributed by atoms with Crippen molar-refractivity contribution in [3.63, 3.8) is 0 Å². The highest BCUT2D eigenvalue weighted by molar-refractivity contribution is 5.75. The van der Waals surface area contributed by atoms with Gasteiger partial charge in [0, 0.05) is 7.11 Å². The van der Waals surface area contributed by atoms with E-state index in [1.165, 1.54) is 7.11 Å². The summed E-state index contributed by atoms with van der Waals surface area (Å²) in [5, 5.41) is 0. The Hall–Kier alpha value is -1.03. The maximum absolute atomic E-state index is 11.4. The predicted octanol–water partition coefficient (Wildman–Crippen LogP) is 1.26. The van der Waals surface area contributed by atoms with Crippen LogP contribution in [0.15, 0.2) is 12.3 Å². The van der Waals surface area contributed by atoms with Crippen LogP contribution >= 0.6 is 0 Å². The van der Waals surface area contributed by atoms with Crippen molar-refractivity contribution in [2.45, 2.75) is 32.0 Å². The molecule has 1 aliphatic rings. The predicted molar refractivity (Wildman–Crippen MR) is 50.7 cm³/mol. The molecule has 0 amide bonds. The van der Waals surface area contributed by atoms with Crippen molar-refractivity contribution in [2.24, 2.45) is 0 Å². The molecular formula is C10H16O4. The second kappa shape index (κ2) is 5.65. The van der Waals surface area contributed by atoms with E-state index >= 15 is 0 Å². The lowest BCUT2D eigenvalue weighted by Crippen LogP contribution is -2.38. The lowest BCUT2D eigenvalue weighted by Gasteiger charge is -2.25. The normalized spacial score (nSPS) is 22.6. The number of carbonyl (C=O) groups excluding carboxylic acids is 1. The number of ether oxygens (including phenoxy) is 3. The molecule has 2 atom stereocenters. The van der Waals surface area contributed by atoms with Crippen LogP contribution < -0.4 is 0 Å². The molecule has 0 saturated carbocycles. The summed E-state index contributed by atoms with van der Waals surface area (Å²) in [6, 6.07) is 0. The number of carbonyl (C=O) groups is 1. The van der Waals surface area contributed by atoms with Crippen LogP contribution in [0.4, 0.5) is 0 Å². The summed E-state index contributed by atoms with van der Waals surface area (Å²) in [6.45, 7) is 2.13. The van der Waals surface area contributed by atoms with E-state index in [4.69, 9.17) is 14.2 Å². The van der Waals surface area contributed by atoms with Gasteiger partial charge in [0.25, 0.3) is 0 Å². The van der Waals surface area contributed by atoms with E-state index in [1.807, 2.05) is 6.08 Å². The Labute approximate surface area is 83.8 Å². The minimum Gasteiger partial charge on any atom is -0.495 e. The molecule has 80 valence electrons. The number of rotatable bonds is 4. The summed E-state index contributed by atoms with van der Waals surface area (Å²) in [4.78, 5) is 11.4. The van der Waals surface area contributed by atoms with E-state index in [9.17, 15) is 4.79 Å². The number of hydrogen-bond acceptors (Lipinski definition) is 4. The summed E-state index contributed by atoms with van der Waals surface area (Å²) in [5.41, 5.74) is 0. The van der Waals surface area contributed by atoms with Gasteiger partial charge in [0.15, 0.2) is 6.10 Å².